The Morgan fingerprint density at radius 1 is 1.40 bits per heavy atom. The van der Waals surface area contributed by atoms with Gasteiger partial charge in [0.25, 0.3) is 5.91 Å². The summed E-state index contributed by atoms with van der Waals surface area (Å²) in [5.41, 5.74) is 6.01. The molecule has 0 fully saturated rings. The van der Waals surface area contributed by atoms with E-state index in [1.807, 2.05) is 17.5 Å². The van der Waals surface area contributed by atoms with Crippen LogP contribution in [0.5, 0.6) is 0 Å². The molecule has 2 aromatic rings. The molecule has 0 unspecified atom stereocenters. The quantitative estimate of drug-likeness (QED) is 0.850. The molecule has 20 heavy (non-hydrogen) atoms. The minimum absolute atomic E-state index is 0.188. The third-order valence-electron chi connectivity index (χ3n) is 2.55. The molecule has 0 saturated heterocycles. The van der Waals surface area contributed by atoms with Gasteiger partial charge < -0.3 is 11.1 Å². The molecule has 0 aliphatic heterocycles. The molecule has 1 heterocycles. The first-order valence-corrected chi connectivity index (χ1v) is 6.87. The lowest BCUT2D eigenvalue weighted by Crippen LogP contribution is -2.23. The molecule has 3 N–H and O–H groups in total. The standard InChI is InChI=1S/C15H13FN2OS/c16-12-6-5-11(3-1-7-17)14(9-12)15(19)18-10-13-4-2-8-20-13/h2,4-6,8-9H,7,10,17H2,(H,18,19). The second kappa shape index (κ2) is 6.85. The van der Waals surface area contributed by atoms with E-state index in [9.17, 15) is 9.18 Å². The van der Waals surface area contributed by atoms with Crippen molar-refractivity contribution in [1.82, 2.24) is 5.32 Å². The van der Waals surface area contributed by atoms with Crippen molar-refractivity contribution < 1.29 is 9.18 Å². The summed E-state index contributed by atoms with van der Waals surface area (Å²) in [6.45, 7) is 0.602. The van der Waals surface area contributed by atoms with Crippen LogP contribution >= 0.6 is 11.3 Å². The van der Waals surface area contributed by atoms with Gasteiger partial charge in [0.15, 0.2) is 0 Å². The Balaban J connectivity index is 2.17. The SMILES string of the molecule is NCC#Cc1ccc(F)cc1C(=O)NCc1cccs1. The van der Waals surface area contributed by atoms with Gasteiger partial charge in [-0.2, -0.15) is 0 Å². The second-order valence-corrected chi connectivity index (χ2v) is 4.99. The van der Waals surface area contributed by atoms with Gasteiger partial charge in [-0.1, -0.05) is 17.9 Å². The number of rotatable bonds is 3. The van der Waals surface area contributed by atoms with E-state index in [2.05, 4.69) is 17.2 Å². The maximum Gasteiger partial charge on any atom is 0.252 e. The van der Waals surface area contributed by atoms with Crippen LogP contribution in [0.25, 0.3) is 0 Å². The van der Waals surface area contributed by atoms with Crippen LogP contribution in [0.2, 0.25) is 0 Å². The highest BCUT2D eigenvalue weighted by Gasteiger charge is 2.11. The molecule has 0 aliphatic carbocycles. The minimum Gasteiger partial charge on any atom is -0.347 e. The Labute approximate surface area is 120 Å². The molecule has 2 rings (SSSR count). The normalized spacial score (nSPS) is 9.70. The van der Waals surface area contributed by atoms with Crippen molar-refractivity contribution in [2.75, 3.05) is 6.54 Å². The second-order valence-electron chi connectivity index (χ2n) is 3.96. The third-order valence-corrected chi connectivity index (χ3v) is 3.43. The van der Waals surface area contributed by atoms with Crippen LogP contribution in [-0.4, -0.2) is 12.5 Å². The summed E-state index contributed by atoms with van der Waals surface area (Å²) >= 11 is 1.55. The molecule has 3 nitrogen and oxygen atoms in total. The fourth-order valence-electron chi connectivity index (χ4n) is 1.64. The molecule has 0 aliphatic rings. The molecular formula is C15H13FN2OS. The van der Waals surface area contributed by atoms with E-state index in [0.717, 1.165) is 4.88 Å². The summed E-state index contributed by atoms with van der Waals surface area (Å²) < 4.78 is 13.3. The molecule has 0 saturated carbocycles. The smallest absolute Gasteiger partial charge is 0.252 e. The van der Waals surface area contributed by atoms with Crippen molar-refractivity contribution in [2.45, 2.75) is 6.54 Å². The fourth-order valence-corrected chi connectivity index (χ4v) is 2.28. The number of halogens is 1. The van der Waals surface area contributed by atoms with Crippen molar-refractivity contribution in [1.29, 1.82) is 0 Å². The lowest BCUT2D eigenvalue weighted by molar-refractivity contribution is 0.0950. The average Bonchev–Trinajstić information content (AvgIpc) is 2.96. The Morgan fingerprint density at radius 3 is 2.95 bits per heavy atom. The molecule has 1 aromatic carbocycles. The van der Waals surface area contributed by atoms with Crippen LogP contribution < -0.4 is 11.1 Å². The largest absolute Gasteiger partial charge is 0.347 e. The predicted molar refractivity (Wildman–Crippen MR) is 77.8 cm³/mol. The summed E-state index contributed by atoms with van der Waals surface area (Å²) in [4.78, 5) is 13.1. The van der Waals surface area contributed by atoms with Crippen molar-refractivity contribution in [3.05, 3.63) is 57.5 Å². The number of amides is 1. The van der Waals surface area contributed by atoms with Gasteiger partial charge in [0.2, 0.25) is 0 Å². The topological polar surface area (TPSA) is 55.1 Å². The van der Waals surface area contributed by atoms with Gasteiger partial charge in [0, 0.05) is 10.4 Å². The summed E-state index contributed by atoms with van der Waals surface area (Å²) in [6, 6.07) is 7.77. The van der Waals surface area contributed by atoms with Gasteiger partial charge in [-0.05, 0) is 29.6 Å². The number of carbonyl (C=O) groups excluding carboxylic acids is 1. The Hall–Kier alpha value is -2.16. The zero-order chi connectivity index (χ0) is 14.4. The van der Waals surface area contributed by atoms with Crippen molar-refractivity contribution in [2.24, 2.45) is 5.73 Å². The first kappa shape index (κ1) is 14.3. The minimum atomic E-state index is -0.468. The van der Waals surface area contributed by atoms with E-state index < -0.39 is 5.82 Å². The number of carbonyl (C=O) groups is 1. The van der Waals surface area contributed by atoms with Gasteiger partial charge in [-0.3, -0.25) is 4.79 Å². The van der Waals surface area contributed by atoms with E-state index >= 15 is 0 Å². The number of nitrogens with one attached hydrogen (secondary N) is 1. The van der Waals surface area contributed by atoms with Crippen molar-refractivity contribution >= 4 is 17.2 Å². The maximum absolute atomic E-state index is 13.3. The fraction of sp³-hybridized carbons (Fsp3) is 0.133. The van der Waals surface area contributed by atoms with Gasteiger partial charge >= 0.3 is 0 Å². The Kier molecular flexibility index (Phi) is 4.88. The van der Waals surface area contributed by atoms with Gasteiger partial charge in [-0.15, -0.1) is 11.3 Å². The highest BCUT2D eigenvalue weighted by Crippen LogP contribution is 2.12. The molecule has 0 atom stereocenters. The Morgan fingerprint density at radius 2 is 2.25 bits per heavy atom. The third kappa shape index (κ3) is 3.67. The predicted octanol–water partition coefficient (Wildman–Crippen LogP) is 2.13. The number of hydrogen-bond acceptors (Lipinski definition) is 3. The summed E-state index contributed by atoms with van der Waals surface area (Å²) in [5.74, 6) is 4.62. The van der Waals surface area contributed by atoms with Crippen LogP contribution in [0.3, 0.4) is 0 Å². The molecule has 1 amide bonds. The lowest BCUT2D eigenvalue weighted by atomic mass is 10.1. The molecule has 0 radical (unpaired) electrons. The summed E-state index contributed by atoms with van der Waals surface area (Å²) in [7, 11) is 0. The Bertz CT molecular complexity index is 656. The van der Waals surface area contributed by atoms with Crippen LogP contribution in [0.4, 0.5) is 4.39 Å². The molecule has 0 bridgehead atoms. The van der Waals surface area contributed by atoms with E-state index in [1.165, 1.54) is 18.2 Å². The van der Waals surface area contributed by atoms with E-state index in [1.54, 1.807) is 11.3 Å². The number of thiophene rings is 1. The van der Waals surface area contributed by atoms with Crippen LogP contribution in [-0.2, 0) is 6.54 Å². The van der Waals surface area contributed by atoms with Crippen LogP contribution in [0, 0.1) is 17.7 Å². The number of benzene rings is 1. The lowest BCUT2D eigenvalue weighted by Gasteiger charge is -2.06. The highest BCUT2D eigenvalue weighted by molar-refractivity contribution is 7.09. The van der Waals surface area contributed by atoms with E-state index in [0.29, 0.717) is 12.1 Å². The highest BCUT2D eigenvalue weighted by atomic mass is 32.1. The van der Waals surface area contributed by atoms with Crippen molar-refractivity contribution in [3.63, 3.8) is 0 Å². The zero-order valence-corrected chi connectivity index (χ0v) is 11.5. The van der Waals surface area contributed by atoms with Gasteiger partial charge in [-0.25, -0.2) is 4.39 Å². The number of hydrogen-bond donors (Lipinski definition) is 2. The molecule has 1 aromatic heterocycles. The molecular weight excluding hydrogens is 275 g/mol. The zero-order valence-electron chi connectivity index (χ0n) is 10.7. The van der Waals surface area contributed by atoms with Gasteiger partial charge in [0.05, 0.1) is 18.7 Å². The summed E-state index contributed by atoms with van der Waals surface area (Å²) in [5, 5.41) is 4.68. The average molecular weight is 288 g/mol. The first-order chi connectivity index (χ1) is 9.70. The summed E-state index contributed by atoms with van der Waals surface area (Å²) in [6.07, 6.45) is 0. The van der Waals surface area contributed by atoms with E-state index in [4.69, 9.17) is 5.73 Å². The van der Waals surface area contributed by atoms with Crippen molar-refractivity contribution in [3.8, 4) is 11.8 Å². The molecule has 102 valence electrons. The number of nitrogens with two attached hydrogens (primary N) is 1. The van der Waals surface area contributed by atoms with Gasteiger partial charge in [0.1, 0.15) is 5.82 Å². The maximum atomic E-state index is 13.3. The van der Waals surface area contributed by atoms with E-state index in [-0.39, 0.29) is 18.0 Å². The first-order valence-electron chi connectivity index (χ1n) is 6.00. The van der Waals surface area contributed by atoms with Crippen LogP contribution in [0.15, 0.2) is 35.7 Å². The van der Waals surface area contributed by atoms with Crippen LogP contribution in [0.1, 0.15) is 20.8 Å². The monoisotopic (exact) mass is 288 g/mol. The molecule has 5 heteroatoms. The molecule has 0 spiro atoms.